The van der Waals surface area contributed by atoms with Gasteiger partial charge in [0.1, 0.15) is 12.1 Å². The van der Waals surface area contributed by atoms with Crippen molar-refractivity contribution in [3.05, 3.63) is 23.6 Å². The maximum Gasteiger partial charge on any atom is 0.179 e. The van der Waals surface area contributed by atoms with Crippen LogP contribution in [0.2, 0.25) is 0 Å². The first-order valence-corrected chi connectivity index (χ1v) is 1.80. The van der Waals surface area contributed by atoms with Gasteiger partial charge in [-0.05, 0) is 12.3 Å². The molecule has 0 aromatic carbocycles. The van der Waals surface area contributed by atoms with E-state index in [1.807, 2.05) is 0 Å². The quantitative estimate of drug-likeness (QED) is 0.337. The van der Waals surface area contributed by atoms with E-state index in [-0.39, 0.29) is 5.57 Å². The van der Waals surface area contributed by atoms with Crippen molar-refractivity contribution in [2.24, 2.45) is 0 Å². The molecule has 0 saturated carbocycles. The lowest BCUT2D eigenvalue weighted by Gasteiger charge is -1.60. The van der Waals surface area contributed by atoms with Gasteiger partial charge in [-0.1, -0.05) is 5.73 Å². The SMILES string of the molecule is C=C=C=C(C#N)C#N. The van der Waals surface area contributed by atoms with Crippen LogP contribution in [0.15, 0.2) is 23.6 Å². The summed E-state index contributed by atoms with van der Waals surface area (Å²) in [6.45, 7) is 3.14. The van der Waals surface area contributed by atoms with Crippen LogP contribution in [0.4, 0.5) is 0 Å². The normalized spacial score (nSPS) is 4.75. The fourth-order valence-electron chi connectivity index (χ4n) is 0.169. The lowest BCUT2D eigenvalue weighted by atomic mass is 10.4. The Morgan fingerprint density at radius 3 is 1.88 bits per heavy atom. The minimum Gasteiger partial charge on any atom is -0.191 e. The molecule has 0 heterocycles. The Balaban J connectivity index is 4.76. The van der Waals surface area contributed by atoms with Gasteiger partial charge in [0.15, 0.2) is 5.57 Å². The Labute approximate surface area is 47.3 Å². The molecule has 0 aromatic rings. The highest BCUT2D eigenvalue weighted by molar-refractivity contribution is 5.33. The average molecular weight is 102 g/mol. The van der Waals surface area contributed by atoms with Gasteiger partial charge in [-0.25, -0.2) is 0 Å². The minimum atomic E-state index is -0.0972. The van der Waals surface area contributed by atoms with Crippen LogP contribution in [0.5, 0.6) is 0 Å². The van der Waals surface area contributed by atoms with Gasteiger partial charge in [0, 0.05) is 0 Å². The van der Waals surface area contributed by atoms with E-state index in [0.29, 0.717) is 0 Å². The van der Waals surface area contributed by atoms with E-state index < -0.39 is 0 Å². The topological polar surface area (TPSA) is 47.6 Å². The molecule has 0 saturated heterocycles. The fourth-order valence-corrected chi connectivity index (χ4v) is 0.169. The van der Waals surface area contributed by atoms with Gasteiger partial charge in [-0.3, -0.25) is 0 Å². The average Bonchev–Trinajstić information content (AvgIpc) is 1.83. The summed E-state index contributed by atoms with van der Waals surface area (Å²) in [5, 5.41) is 16.0. The van der Waals surface area contributed by atoms with Crippen molar-refractivity contribution >= 4 is 0 Å². The second-order valence-corrected chi connectivity index (χ2v) is 0.900. The third-order valence-electron chi connectivity index (χ3n) is 0.437. The van der Waals surface area contributed by atoms with Gasteiger partial charge in [-0.15, -0.1) is 0 Å². The standard InChI is InChI=1S/C6H2N2/c1-2-3-6(4-7)5-8/h1H2. The first-order valence-electron chi connectivity index (χ1n) is 1.80. The van der Waals surface area contributed by atoms with Crippen LogP contribution in [0, 0.1) is 22.7 Å². The summed E-state index contributed by atoms with van der Waals surface area (Å²) >= 11 is 0. The summed E-state index contributed by atoms with van der Waals surface area (Å²) in [7, 11) is 0. The van der Waals surface area contributed by atoms with E-state index in [1.165, 1.54) is 0 Å². The van der Waals surface area contributed by atoms with Gasteiger partial charge in [0.2, 0.25) is 0 Å². The van der Waals surface area contributed by atoms with Crippen molar-refractivity contribution in [1.82, 2.24) is 0 Å². The summed E-state index contributed by atoms with van der Waals surface area (Å²) in [6.07, 6.45) is 0. The smallest absolute Gasteiger partial charge is 0.179 e. The number of nitriles is 2. The lowest BCUT2D eigenvalue weighted by Crippen LogP contribution is -1.61. The summed E-state index contributed by atoms with van der Waals surface area (Å²) in [5.74, 6) is 0. The van der Waals surface area contributed by atoms with E-state index in [0.717, 1.165) is 0 Å². The zero-order valence-electron chi connectivity index (χ0n) is 4.10. The molecule has 0 aromatic heterocycles. The van der Waals surface area contributed by atoms with Gasteiger partial charge in [0.05, 0.1) is 0 Å². The summed E-state index contributed by atoms with van der Waals surface area (Å²) in [6, 6.07) is 3.19. The molecule has 0 N–H and O–H groups in total. The molecule has 0 atom stereocenters. The molecule has 0 fully saturated rings. The molecule has 36 valence electrons. The maximum absolute atomic E-state index is 8.02. The molecule has 0 bridgehead atoms. The Kier molecular flexibility index (Phi) is 2.72. The lowest BCUT2D eigenvalue weighted by molar-refractivity contribution is 1.47. The summed E-state index contributed by atoms with van der Waals surface area (Å²) < 4.78 is 0. The maximum atomic E-state index is 8.02. The Bertz CT molecular complexity index is 221. The molecule has 0 aliphatic rings. The Morgan fingerprint density at radius 2 is 1.75 bits per heavy atom. The van der Waals surface area contributed by atoms with Gasteiger partial charge >= 0.3 is 0 Å². The van der Waals surface area contributed by atoms with Crippen molar-refractivity contribution in [3.8, 4) is 12.1 Å². The van der Waals surface area contributed by atoms with Crippen LogP contribution >= 0.6 is 0 Å². The van der Waals surface area contributed by atoms with E-state index in [4.69, 9.17) is 10.5 Å². The molecular formula is C6H2N2. The first kappa shape index (κ1) is 6.28. The van der Waals surface area contributed by atoms with E-state index in [9.17, 15) is 0 Å². The van der Waals surface area contributed by atoms with Crippen LogP contribution < -0.4 is 0 Å². The van der Waals surface area contributed by atoms with Gasteiger partial charge < -0.3 is 0 Å². The molecule has 0 amide bonds. The fraction of sp³-hybridized carbons (Fsp3) is 0. The highest BCUT2D eigenvalue weighted by atomic mass is 14.3. The van der Waals surface area contributed by atoms with Crippen LogP contribution in [0.25, 0.3) is 0 Å². The predicted molar refractivity (Wildman–Crippen MR) is 27.4 cm³/mol. The molecule has 0 aliphatic heterocycles. The number of allylic oxidation sites excluding steroid dienone is 1. The zero-order valence-corrected chi connectivity index (χ0v) is 4.10. The van der Waals surface area contributed by atoms with E-state index in [1.54, 1.807) is 12.1 Å². The van der Waals surface area contributed by atoms with Crippen molar-refractivity contribution in [2.45, 2.75) is 0 Å². The number of hydrogen-bond donors (Lipinski definition) is 0. The summed E-state index contributed by atoms with van der Waals surface area (Å²) in [4.78, 5) is 0. The molecule has 2 nitrogen and oxygen atoms in total. The zero-order chi connectivity index (χ0) is 6.41. The second kappa shape index (κ2) is 3.47. The largest absolute Gasteiger partial charge is 0.191 e. The third kappa shape index (κ3) is 1.65. The monoisotopic (exact) mass is 102 g/mol. The summed E-state index contributed by atoms with van der Waals surface area (Å²) in [5.41, 5.74) is 4.31. The van der Waals surface area contributed by atoms with Crippen molar-refractivity contribution in [1.29, 1.82) is 10.5 Å². The molecular weight excluding hydrogens is 100 g/mol. The van der Waals surface area contributed by atoms with Gasteiger partial charge in [-0.2, -0.15) is 10.5 Å². The minimum absolute atomic E-state index is 0.0972. The van der Waals surface area contributed by atoms with Crippen LogP contribution in [0.1, 0.15) is 0 Å². The van der Waals surface area contributed by atoms with E-state index in [2.05, 4.69) is 18.0 Å². The van der Waals surface area contributed by atoms with E-state index >= 15 is 0 Å². The number of rotatable bonds is 0. The second-order valence-electron chi connectivity index (χ2n) is 0.900. The van der Waals surface area contributed by atoms with Crippen molar-refractivity contribution in [2.75, 3.05) is 0 Å². The van der Waals surface area contributed by atoms with Crippen LogP contribution in [-0.4, -0.2) is 0 Å². The molecule has 0 rings (SSSR count). The van der Waals surface area contributed by atoms with Crippen molar-refractivity contribution < 1.29 is 0 Å². The molecule has 2 heteroatoms. The highest BCUT2D eigenvalue weighted by Gasteiger charge is 1.82. The number of nitrogens with zero attached hydrogens (tertiary/aromatic N) is 2. The van der Waals surface area contributed by atoms with Crippen molar-refractivity contribution in [3.63, 3.8) is 0 Å². The molecule has 0 unspecified atom stereocenters. The molecule has 8 heavy (non-hydrogen) atoms. The molecule has 0 aliphatic carbocycles. The molecule has 0 spiro atoms. The Morgan fingerprint density at radius 1 is 1.25 bits per heavy atom. The highest BCUT2D eigenvalue weighted by Crippen LogP contribution is 1.80. The first-order chi connectivity index (χ1) is 3.85. The predicted octanol–water partition coefficient (Wildman–Crippen LogP) is 0.900. The van der Waals surface area contributed by atoms with Gasteiger partial charge in [0.25, 0.3) is 0 Å². The van der Waals surface area contributed by atoms with Crippen LogP contribution in [-0.2, 0) is 0 Å². The third-order valence-corrected chi connectivity index (χ3v) is 0.437. The number of hydrogen-bond acceptors (Lipinski definition) is 2. The molecule has 0 radical (unpaired) electrons. The van der Waals surface area contributed by atoms with Crippen LogP contribution in [0.3, 0.4) is 0 Å². The Hall–Kier alpha value is -1.72.